The molecule has 16 heteroatoms. The van der Waals surface area contributed by atoms with E-state index in [1.807, 2.05) is 6.07 Å². The summed E-state index contributed by atoms with van der Waals surface area (Å²) in [6.07, 6.45) is -4.19. The van der Waals surface area contributed by atoms with Crippen LogP contribution in [0.2, 0.25) is 5.02 Å². The molecule has 2 aromatic carbocycles. The van der Waals surface area contributed by atoms with E-state index >= 15 is 0 Å². The molecule has 1 aliphatic carbocycles. The first-order valence-corrected chi connectivity index (χ1v) is 15.2. The fourth-order valence-corrected chi connectivity index (χ4v) is 6.36. The van der Waals surface area contributed by atoms with Gasteiger partial charge in [0.15, 0.2) is 17.7 Å². The van der Waals surface area contributed by atoms with E-state index in [0.717, 1.165) is 10.9 Å². The van der Waals surface area contributed by atoms with E-state index in [-0.39, 0.29) is 33.1 Å². The van der Waals surface area contributed by atoms with Gasteiger partial charge in [0.1, 0.15) is 36.7 Å². The van der Waals surface area contributed by atoms with Crippen molar-refractivity contribution in [3.8, 4) is 17.3 Å². The van der Waals surface area contributed by atoms with Gasteiger partial charge >= 0.3 is 5.97 Å². The second kappa shape index (κ2) is 14.4. The number of carbonyl (C=O) groups excluding carboxylic acids is 1. The molecule has 4 N–H and O–H groups in total. The van der Waals surface area contributed by atoms with Crippen LogP contribution in [0.4, 0.5) is 14.5 Å². The highest BCUT2D eigenvalue weighted by Gasteiger charge is 2.52. The lowest BCUT2D eigenvalue weighted by Crippen LogP contribution is -2.63. The molecule has 7 atom stereocenters. The average Bonchev–Trinajstić information content (AvgIpc) is 3.52. The van der Waals surface area contributed by atoms with Gasteiger partial charge in [-0.05, 0) is 49.6 Å². The Morgan fingerprint density at radius 1 is 1.19 bits per heavy atom. The Bertz CT molecular complexity index is 1690. The van der Waals surface area contributed by atoms with Crippen molar-refractivity contribution in [3.63, 3.8) is 0 Å². The van der Waals surface area contributed by atoms with E-state index < -0.39 is 79.3 Å². The Kier molecular flexibility index (Phi) is 10.5. The first-order chi connectivity index (χ1) is 22.4. The second-order valence-electron chi connectivity index (χ2n) is 11.5. The van der Waals surface area contributed by atoms with Crippen LogP contribution in [-0.2, 0) is 19.1 Å². The summed E-state index contributed by atoms with van der Waals surface area (Å²) in [5.41, 5.74) is -0.0663. The van der Waals surface area contributed by atoms with Crippen molar-refractivity contribution in [3.05, 3.63) is 64.3 Å². The molecular formula is C31H32ClF2N5O8. The minimum atomic E-state index is -1.72. The van der Waals surface area contributed by atoms with Crippen LogP contribution in [0.25, 0.3) is 11.3 Å². The highest BCUT2D eigenvalue weighted by molar-refractivity contribution is 6.31. The zero-order valence-corrected chi connectivity index (χ0v) is 25.8. The number of halogens is 3. The lowest BCUT2D eigenvalue weighted by atomic mass is 9.88. The number of carbonyl (C=O) groups is 2. The second-order valence-corrected chi connectivity index (χ2v) is 11.9. The number of ether oxygens (including phenoxy) is 2. The van der Waals surface area contributed by atoms with E-state index in [1.54, 1.807) is 0 Å². The summed E-state index contributed by atoms with van der Waals surface area (Å²) in [6, 6.07) is 6.55. The van der Waals surface area contributed by atoms with Crippen molar-refractivity contribution in [1.29, 1.82) is 5.26 Å². The fraction of sp³-hybridized carbons (Fsp3) is 0.452. The number of carboxylic acid groups (broad SMARTS) is 1. The Morgan fingerprint density at radius 2 is 1.94 bits per heavy atom. The lowest BCUT2D eigenvalue weighted by Gasteiger charge is -2.46. The first kappa shape index (κ1) is 34.3. The third-order valence-electron chi connectivity index (χ3n) is 8.43. The minimum Gasteiger partial charge on any atom is -0.480 e. The molecule has 13 nitrogen and oxygen atoms in total. The summed E-state index contributed by atoms with van der Waals surface area (Å²) in [4.78, 5) is 27.5. The molecule has 2 fully saturated rings. The largest absolute Gasteiger partial charge is 0.480 e. The predicted octanol–water partition coefficient (Wildman–Crippen LogP) is 2.53. The summed E-state index contributed by atoms with van der Waals surface area (Å²) in [7, 11) is 0. The zero-order valence-electron chi connectivity index (χ0n) is 25.0. The quantitative estimate of drug-likeness (QED) is 0.261. The minimum absolute atomic E-state index is 0.0574. The summed E-state index contributed by atoms with van der Waals surface area (Å²) in [6.45, 7) is -0.367. The third-order valence-corrected chi connectivity index (χ3v) is 8.65. The average molecular weight is 676 g/mol. The molecule has 2 aliphatic rings. The maximum atomic E-state index is 14.8. The van der Waals surface area contributed by atoms with E-state index in [0.29, 0.717) is 25.7 Å². The van der Waals surface area contributed by atoms with Crippen LogP contribution in [0, 0.1) is 29.9 Å². The standard InChI is InChI=1S/C31H32ClF2N5O8/c1-15-6-7-19(26(34)25(15)33)20-12-38(37-36-20)27-28(44)23(13-40)47-30(29(27)46-14-24(42)43)31(45)39(21-4-2-3-5-22(21)41)18-9-16(11-35)8-17(32)10-18/h6-10,12,21-23,27-30,40-41,44H,2-5,13-14H2,1H3,(H,42,43)/t21-,22-,23+,27-,28-,29+,30+/m0/s1. The van der Waals surface area contributed by atoms with Gasteiger partial charge in [0.05, 0.1) is 36.6 Å². The highest BCUT2D eigenvalue weighted by atomic mass is 35.5. The Balaban J connectivity index is 1.61. The molecular weight excluding hydrogens is 644 g/mol. The third kappa shape index (κ3) is 6.98. The number of hydrogen-bond acceptors (Lipinski definition) is 10. The molecule has 1 saturated heterocycles. The van der Waals surface area contributed by atoms with E-state index in [9.17, 15) is 44.1 Å². The van der Waals surface area contributed by atoms with E-state index in [4.69, 9.17) is 21.1 Å². The molecule has 0 bridgehead atoms. The van der Waals surface area contributed by atoms with Gasteiger partial charge in [-0.25, -0.2) is 18.3 Å². The number of anilines is 1. The molecule has 0 radical (unpaired) electrons. The highest BCUT2D eigenvalue weighted by Crippen LogP contribution is 2.37. The summed E-state index contributed by atoms with van der Waals surface area (Å²) in [5.74, 6) is -4.55. The van der Waals surface area contributed by atoms with Crippen LogP contribution >= 0.6 is 11.6 Å². The van der Waals surface area contributed by atoms with E-state index in [1.165, 1.54) is 42.2 Å². The summed E-state index contributed by atoms with van der Waals surface area (Å²) >= 11 is 6.29. The summed E-state index contributed by atoms with van der Waals surface area (Å²) < 4.78 is 41.8. The number of rotatable bonds is 9. The van der Waals surface area contributed by atoms with Crippen LogP contribution in [0.1, 0.15) is 42.9 Å². The smallest absolute Gasteiger partial charge is 0.329 e. The number of aromatic nitrogens is 3. The van der Waals surface area contributed by atoms with Gasteiger partial charge < -0.3 is 34.8 Å². The molecule has 250 valence electrons. The molecule has 47 heavy (non-hydrogen) atoms. The maximum absolute atomic E-state index is 14.8. The van der Waals surface area contributed by atoms with Crippen LogP contribution in [-0.4, -0.2) is 97.1 Å². The number of nitriles is 1. The number of aliphatic carboxylic acids is 1. The molecule has 1 aromatic heterocycles. The monoisotopic (exact) mass is 675 g/mol. The van der Waals surface area contributed by atoms with Gasteiger partial charge in [0.2, 0.25) is 0 Å². The predicted molar refractivity (Wildman–Crippen MR) is 160 cm³/mol. The lowest BCUT2D eigenvalue weighted by molar-refractivity contribution is -0.218. The topological polar surface area (TPSA) is 191 Å². The van der Waals surface area contributed by atoms with Crippen LogP contribution in [0.15, 0.2) is 36.5 Å². The van der Waals surface area contributed by atoms with E-state index in [2.05, 4.69) is 10.3 Å². The molecule has 2 heterocycles. The molecule has 3 aromatic rings. The van der Waals surface area contributed by atoms with Gasteiger partial charge in [-0.15, -0.1) is 5.10 Å². The normalized spacial score (nSPS) is 26.0. The van der Waals surface area contributed by atoms with Crippen molar-refractivity contribution in [2.24, 2.45) is 0 Å². The van der Waals surface area contributed by atoms with Crippen molar-refractivity contribution in [2.45, 2.75) is 75.2 Å². The van der Waals surface area contributed by atoms with Gasteiger partial charge in [-0.3, -0.25) is 4.79 Å². The number of amides is 1. The molecule has 1 saturated carbocycles. The summed E-state index contributed by atoms with van der Waals surface area (Å²) in [5, 5.41) is 59.6. The zero-order chi connectivity index (χ0) is 34.0. The number of aryl methyl sites for hydroxylation is 1. The van der Waals surface area contributed by atoms with Crippen molar-refractivity contribution in [1.82, 2.24) is 15.0 Å². The molecule has 1 amide bonds. The molecule has 0 spiro atoms. The number of hydrogen-bond donors (Lipinski definition) is 4. The number of nitrogens with zero attached hydrogens (tertiary/aromatic N) is 5. The van der Waals surface area contributed by atoms with Crippen LogP contribution < -0.4 is 4.90 Å². The molecule has 1 aliphatic heterocycles. The fourth-order valence-electron chi connectivity index (χ4n) is 6.13. The van der Waals surface area contributed by atoms with Gasteiger partial charge in [-0.2, -0.15) is 5.26 Å². The van der Waals surface area contributed by atoms with Crippen LogP contribution in [0.5, 0.6) is 0 Å². The molecule has 5 rings (SSSR count). The number of aliphatic hydroxyl groups excluding tert-OH is 3. The van der Waals surface area contributed by atoms with Crippen molar-refractivity contribution in [2.75, 3.05) is 18.1 Å². The Hall–Kier alpha value is -4.04. The number of benzene rings is 2. The number of aliphatic hydroxyl groups is 3. The van der Waals surface area contributed by atoms with Gasteiger partial charge in [0, 0.05) is 16.3 Å². The first-order valence-electron chi connectivity index (χ1n) is 14.8. The van der Waals surface area contributed by atoms with Crippen molar-refractivity contribution < 1.29 is 48.3 Å². The van der Waals surface area contributed by atoms with Gasteiger partial charge in [-0.1, -0.05) is 35.7 Å². The Morgan fingerprint density at radius 3 is 2.62 bits per heavy atom. The van der Waals surface area contributed by atoms with Crippen molar-refractivity contribution >= 4 is 29.2 Å². The molecule has 0 unspecified atom stereocenters. The SMILES string of the molecule is Cc1ccc(-c2cn([C@H]3[C@@H](O)[C@@H](CO)O[C@@H](C(=O)N(c4cc(Cl)cc(C#N)c4)[C@H]4CCCC[C@@H]4O)[C@@H]3OCC(=O)O)nn2)c(F)c1F. The van der Waals surface area contributed by atoms with Gasteiger partial charge in [0.25, 0.3) is 5.91 Å². The number of carboxylic acids is 1. The van der Waals surface area contributed by atoms with Crippen LogP contribution in [0.3, 0.4) is 0 Å². The maximum Gasteiger partial charge on any atom is 0.329 e. The Labute approximate surface area is 272 Å².